The lowest BCUT2D eigenvalue weighted by molar-refractivity contribution is 0.475. The zero-order valence-corrected chi connectivity index (χ0v) is 10.1. The quantitative estimate of drug-likeness (QED) is 0.861. The van der Waals surface area contributed by atoms with Crippen LogP contribution in [0.15, 0.2) is 48.5 Å². The van der Waals surface area contributed by atoms with Crippen molar-refractivity contribution in [3.05, 3.63) is 59.7 Å². The van der Waals surface area contributed by atoms with E-state index in [1.165, 1.54) is 0 Å². The number of para-hydroxylation sites is 1. The molecule has 3 heteroatoms. The predicted molar refractivity (Wildman–Crippen MR) is 71.3 cm³/mol. The molecule has 3 nitrogen and oxygen atoms in total. The number of rotatable bonds is 3. The fraction of sp³-hybridized carbons (Fsp3) is 0.133. The van der Waals surface area contributed by atoms with Gasteiger partial charge in [-0.3, -0.25) is 0 Å². The highest BCUT2D eigenvalue weighted by Crippen LogP contribution is 2.23. The van der Waals surface area contributed by atoms with Crippen molar-refractivity contribution in [2.24, 2.45) is 0 Å². The fourth-order valence-corrected chi connectivity index (χ4v) is 1.75. The number of nitrogens with one attached hydrogen (secondary N) is 1. The van der Waals surface area contributed by atoms with Crippen LogP contribution in [-0.2, 0) is 0 Å². The third-order valence-electron chi connectivity index (χ3n) is 2.80. The Labute approximate surface area is 106 Å². The highest BCUT2D eigenvalue weighted by atomic mass is 16.3. The maximum absolute atomic E-state index is 9.24. The number of phenolic OH excluding ortho intramolecular Hbond substituents is 1. The molecule has 0 heterocycles. The number of hydrogen-bond donors (Lipinski definition) is 2. The summed E-state index contributed by atoms with van der Waals surface area (Å²) in [5.74, 6) is 0.200. The van der Waals surface area contributed by atoms with Crippen LogP contribution in [0, 0.1) is 18.3 Å². The Kier molecular flexibility index (Phi) is 3.49. The number of benzene rings is 2. The van der Waals surface area contributed by atoms with E-state index in [0.29, 0.717) is 0 Å². The minimum atomic E-state index is -0.424. The number of aryl methyl sites for hydroxylation is 1. The molecule has 0 bridgehead atoms. The van der Waals surface area contributed by atoms with E-state index >= 15 is 0 Å². The van der Waals surface area contributed by atoms with E-state index in [1.54, 1.807) is 24.3 Å². The normalized spacial score (nSPS) is 11.6. The largest absolute Gasteiger partial charge is 0.508 e. The molecule has 0 aromatic heterocycles. The fourth-order valence-electron chi connectivity index (χ4n) is 1.75. The summed E-state index contributed by atoms with van der Waals surface area (Å²) in [4.78, 5) is 0. The van der Waals surface area contributed by atoms with E-state index in [9.17, 15) is 10.4 Å². The van der Waals surface area contributed by atoms with Gasteiger partial charge in [0.1, 0.15) is 11.8 Å². The van der Waals surface area contributed by atoms with Gasteiger partial charge >= 0.3 is 0 Å². The molecule has 0 aliphatic rings. The van der Waals surface area contributed by atoms with Crippen molar-refractivity contribution in [1.82, 2.24) is 0 Å². The molecule has 0 amide bonds. The zero-order chi connectivity index (χ0) is 13.0. The lowest BCUT2D eigenvalue weighted by Gasteiger charge is -2.15. The van der Waals surface area contributed by atoms with Gasteiger partial charge in [0.25, 0.3) is 0 Å². The van der Waals surface area contributed by atoms with Gasteiger partial charge in [0, 0.05) is 5.69 Å². The van der Waals surface area contributed by atoms with Gasteiger partial charge in [-0.1, -0.05) is 30.3 Å². The van der Waals surface area contributed by atoms with E-state index in [2.05, 4.69) is 11.4 Å². The van der Waals surface area contributed by atoms with Crippen LogP contribution in [0.5, 0.6) is 5.75 Å². The average molecular weight is 238 g/mol. The minimum absolute atomic E-state index is 0.200. The van der Waals surface area contributed by atoms with E-state index in [-0.39, 0.29) is 5.75 Å². The highest BCUT2D eigenvalue weighted by molar-refractivity contribution is 5.53. The van der Waals surface area contributed by atoms with Crippen LogP contribution in [0.3, 0.4) is 0 Å². The third kappa shape index (κ3) is 2.61. The second kappa shape index (κ2) is 5.24. The summed E-state index contributed by atoms with van der Waals surface area (Å²) in [6.45, 7) is 1.99. The van der Waals surface area contributed by atoms with E-state index < -0.39 is 6.04 Å². The van der Waals surface area contributed by atoms with Gasteiger partial charge in [0.05, 0.1) is 6.07 Å². The van der Waals surface area contributed by atoms with Crippen LogP contribution >= 0.6 is 0 Å². The molecular weight excluding hydrogens is 224 g/mol. The molecule has 1 atom stereocenters. The molecule has 0 aliphatic carbocycles. The first-order chi connectivity index (χ1) is 8.70. The smallest absolute Gasteiger partial charge is 0.140 e. The average Bonchev–Trinajstić information content (AvgIpc) is 2.39. The van der Waals surface area contributed by atoms with E-state index in [0.717, 1.165) is 16.8 Å². The predicted octanol–water partition coefficient (Wildman–Crippen LogP) is 3.38. The van der Waals surface area contributed by atoms with Gasteiger partial charge in [-0.15, -0.1) is 0 Å². The molecule has 0 saturated heterocycles. The molecule has 0 spiro atoms. The number of anilines is 1. The van der Waals surface area contributed by atoms with E-state index in [4.69, 9.17) is 0 Å². The summed E-state index contributed by atoms with van der Waals surface area (Å²) < 4.78 is 0. The second-order valence-corrected chi connectivity index (χ2v) is 4.11. The SMILES string of the molecule is Cc1ccccc1NC(C#N)c1ccc(O)cc1. The first-order valence-electron chi connectivity index (χ1n) is 5.71. The van der Waals surface area contributed by atoms with Crippen molar-refractivity contribution in [1.29, 1.82) is 5.26 Å². The van der Waals surface area contributed by atoms with Gasteiger partial charge in [-0.25, -0.2) is 0 Å². The molecule has 0 saturated carbocycles. The van der Waals surface area contributed by atoms with Gasteiger partial charge in [-0.2, -0.15) is 5.26 Å². The Morgan fingerprint density at radius 3 is 2.39 bits per heavy atom. The van der Waals surface area contributed by atoms with E-state index in [1.807, 2.05) is 31.2 Å². The Bertz CT molecular complexity index is 570. The minimum Gasteiger partial charge on any atom is -0.508 e. The number of aromatic hydroxyl groups is 1. The second-order valence-electron chi connectivity index (χ2n) is 4.11. The lowest BCUT2D eigenvalue weighted by atomic mass is 10.1. The number of nitriles is 1. The first kappa shape index (κ1) is 12.0. The van der Waals surface area contributed by atoms with Crippen LogP contribution in [0.25, 0.3) is 0 Å². The molecule has 18 heavy (non-hydrogen) atoms. The molecule has 2 rings (SSSR count). The van der Waals surface area contributed by atoms with Crippen molar-refractivity contribution in [3.63, 3.8) is 0 Å². The molecule has 90 valence electrons. The van der Waals surface area contributed by atoms with Gasteiger partial charge in [0.2, 0.25) is 0 Å². The standard InChI is InChI=1S/C15H14N2O/c1-11-4-2-3-5-14(11)17-15(10-16)12-6-8-13(18)9-7-12/h2-9,15,17-18H,1H3. The lowest BCUT2D eigenvalue weighted by Crippen LogP contribution is -2.09. The summed E-state index contributed by atoms with van der Waals surface area (Å²) in [6, 6.07) is 16.3. The van der Waals surface area contributed by atoms with Crippen molar-refractivity contribution in [2.45, 2.75) is 13.0 Å². The molecule has 0 fully saturated rings. The summed E-state index contributed by atoms with van der Waals surface area (Å²) in [7, 11) is 0. The molecule has 0 radical (unpaired) electrons. The Morgan fingerprint density at radius 1 is 1.11 bits per heavy atom. The highest BCUT2D eigenvalue weighted by Gasteiger charge is 2.10. The van der Waals surface area contributed by atoms with Gasteiger partial charge < -0.3 is 10.4 Å². The van der Waals surface area contributed by atoms with Crippen LogP contribution < -0.4 is 5.32 Å². The Hall–Kier alpha value is -2.47. The van der Waals surface area contributed by atoms with Crippen molar-refractivity contribution >= 4 is 5.69 Å². The number of hydrogen-bond acceptors (Lipinski definition) is 3. The van der Waals surface area contributed by atoms with Crippen LogP contribution in [0.4, 0.5) is 5.69 Å². The first-order valence-corrected chi connectivity index (χ1v) is 5.71. The van der Waals surface area contributed by atoms with Crippen LogP contribution in [0.2, 0.25) is 0 Å². The summed E-state index contributed by atoms with van der Waals surface area (Å²) >= 11 is 0. The summed E-state index contributed by atoms with van der Waals surface area (Å²) in [5.41, 5.74) is 2.87. The third-order valence-corrected chi connectivity index (χ3v) is 2.80. The Morgan fingerprint density at radius 2 is 1.78 bits per heavy atom. The summed E-state index contributed by atoms with van der Waals surface area (Å²) in [5, 5.41) is 21.7. The maximum atomic E-state index is 9.24. The van der Waals surface area contributed by atoms with Crippen molar-refractivity contribution in [3.8, 4) is 11.8 Å². The monoisotopic (exact) mass is 238 g/mol. The zero-order valence-electron chi connectivity index (χ0n) is 10.1. The molecule has 2 aromatic carbocycles. The molecule has 2 aromatic rings. The van der Waals surface area contributed by atoms with Crippen LogP contribution in [-0.4, -0.2) is 5.11 Å². The molecule has 2 N–H and O–H groups in total. The molecular formula is C15H14N2O. The molecule has 1 unspecified atom stereocenters. The topological polar surface area (TPSA) is 56.0 Å². The number of phenols is 1. The Balaban J connectivity index is 2.23. The maximum Gasteiger partial charge on any atom is 0.140 e. The van der Waals surface area contributed by atoms with Crippen molar-refractivity contribution in [2.75, 3.05) is 5.32 Å². The molecule has 0 aliphatic heterocycles. The van der Waals surface area contributed by atoms with Crippen LogP contribution in [0.1, 0.15) is 17.2 Å². The van der Waals surface area contributed by atoms with Gasteiger partial charge in [0.15, 0.2) is 0 Å². The van der Waals surface area contributed by atoms with Crippen molar-refractivity contribution < 1.29 is 5.11 Å². The number of nitrogens with zero attached hydrogens (tertiary/aromatic N) is 1. The van der Waals surface area contributed by atoms with Gasteiger partial charge in [-0.05, 0) is 36.2 Å². The summed E-state index contributed by atoms with van der Waals surface area (Å²) in [6.07, 6.45) is 0.